The van der Waals surface area contributed by atoms with E-state index < -0.39 is 11.6 Å². The summed E-state index contributed by atoms with van der Waals surface area (Å²) < 4.78 is 10.1. The van der Waals surface area contributed by atoms with Crippen molar-refractivity contribution in [1.29, 1.82) is 5.26 Å². The highest BCUT2D eigenvalue weighted by molar-refractivity contribution is 5.98. The molecule has 1 rings (SSSR count). The van der Waals surface area contributed by atoms with E-state index in [1.54, 1.807) is 6.92 Å². The first kappa shape index (κ1) is 16.7. The molecule has 0 aromatic heterocycles. The average Bonchev–Trinajstić information content (AvgIpc) is 2.47. The fraction of sp³-hybridized carbons (Fsp3) is 0.400. The van der Waals surface area contributed by atoms with Crippen molar-refractivity contribution < 1.29 is 19.1 Å². The summed E-state index contributed by atoms with van der Waals surface area (Å²) in [7, 11) is 1.46. The molecule has 0 saturated heterocycles. The summed E-state index contributed by atoms with van der Waals surface area (Å²) in [4.78, 5) is 23.1. The maximum atomic E-state index is 12.2. The molecule has 0 heterocycles. The summed E-state index contributed by atoms with van der Waals surface area (Å²) in [5.41, 5.74) is -0.423. The Bertz CT molecular complexity index is 586. The summed E-state index contributed by atoms with van der Waals surface area (Å²) in [6, 6.07) is 6.37. The second-order valence-corrected chi connectivity index (χ2v) is 4.66. The molecule has 112 valence electrons. The molecule has 1 amide bonds. The minimum atomic E-state index is -0.971. The number of nitriles is 1. The van der Waals surface area contributed by atoms with Gasteiger partial charge in [0.15, 0.2) is 0 Å². The van der Waals surface area contributed by atoms with Crippen LogP contribution in [0.1, 0.15) is 32.8 Å². The first-order chi connectivity index (χ1) is 9.86. The molecule has 0 aliphatic carbocycles. The van der Waals surface area contributed by atoms with Crippen LogP contribution in [0, 0.1) is 11.3 Å². The number of nitrogens with one attached hydrogen (secondary N) is 1. The smallest absolute Gasteiger partial charge is 0.308 e. The van der Waals surface area contributed by atoms with Crippen LogP contribution in [0.15, 0.2) is 18.2 Å². The van der Waals surface area contributed by atoms with Crippen LogP contribution in [0.25, 0.3) is 0 Å². The molecular formula is C15H18N2O4. The number of hydrogen-bond donors (Lipinski definition) is 1. The zero-order chi connectivity index (χ0) is 16.0. The molecule has 1 aromatic carbocycles. The van der Waals surface area contributed by atoms with Crippen LogP contribution in [0.2, 0.25) is 0 Å². The lowest BCUT2D eigenvalue weighted by Crippen LogP contribution is -2.41. The number of carbonyl (C=O) groups excluding carboxylic acids is 2. The zero-order valence-corrected chi connectivity index (χ0v) is 12.5. The van der Waals surface area contributed by atoms with E-state index in [1.807, 2.05) is 13.0 Å². The first-order valence-corrected chi connectivity index (χ1v) is 6.45. The fourth-order valence-electron chi connectivity index (χ4n) is 1.61. The molecule has 0 spiro atoms. The molecule has 0 unspecified atom stereocenters. The van der Waals surface area contributed by atoms with Crippen molar-refractivity contribution in [3.05, 3.63) is 23.8 Å². The molecule has 0 saturated carbocycles. The Hall–Kier alpha value is -2.39. The second-order valence-electron chi connectivity index (χ2n) is 4.66. The van der Waals surface area contributed by atoms with Gasteiger partial charge in [0.1, 0.15) is 17.4 Å². The van der Waals surface area contributed by atoms with Gasteiger partial charge in [0, 0.05) is 20.1 Å². The maximum Gasteiger partial charge on any atom is 0.308 e. The number of amides is 1. The molecule has 21 heavy (non-hydrogen) atoms. The van der Waals surface area contributed by atoms with Gasteiger partial charge < -0.3 is 14.8 Å². The normalized spacial score (nSPS) is 12.9. The topological polar surface area (TPSA) is 88.4 Å². The van der Waals surface area contributed by atoms with Crippen LogP contribution in [0.5, 0.6) is 5.75 Å². The predicted molar refractivity (Wildman–Crippen MR) is 76.8 cm³/mol. The second kappa shape index (κ2) is 6.86. The molecular weight excluding hydrogens is 272 g/mol. The van der Waals surface area contributed by atoms with Gasteiger partial charge in [0.2, 0.25) is 0 Å². The number of benzene rings is 1. The van der Waals surface area contributed by atoms with Gasteiger partial charge in [-0.25, -0.2) is 0 Å². The SMILES string of the molecule is CC[C@@](C)(OC)C(=O)Nc1ccc(OC(C)=O)cc1C#N. The Morgan fingerprint density at radius 2 is 2.10 bits per heavy atom. The van der Waals surface area contributed by atoms with E-state index in [2.05, 4.69) is 5.32 Å². The van der Waals surface area contributed by atoms with Crippen molar-refractivity contribution in [2.45, 2.75) is 32.8 Å². The van der Waals surface area contributed by atoms with Crippen molar-refractivity contribution >= 4 is 17.6 Å². The summed E-state index contributed by atoms with van der Waals surface area (Å²) >= 11 is 0. The van der Waals surface area contributed by atoms with Gasteiger partial charge in [-0.2, -0.15) is 5.26 Å². The van der Waals surface area contributed by atoms with Crippen molar-refractivity contribution in [2.24, 2.45) is 0 Å². The predicted octanol–water partition coefficient (Wildman–Crippen LogP) is 2.24. The minimum Gasteiger partial charge on any atom is -0.427 e. The van der Waals surface area contributed by atoms with Gasteiger partial charge in [-0.1, -0.05) is 6.92 Å². The Morgan fingerprint density at radius 3 is 2.57 bits per heavy atom. The average molecular weight is 290 g/mol. The van der Waals surface area contributed by atoms with Gasteiger partial charge in [-0.15, -0.1) is 0 Å². The highest BCUT2D eigenvalue weighted by atomic mass is 16.5. The van der Waals surface area contributed by atoms with Crippen LogP contribution < -0.4 is 10.1 Å². The fourth-order valence-corrected chi connectivity index (χ4v) is 1.61. The molecule has 1 atom stereocenters. The van der Waals surface area contributed by atoms with E-state index in [4.69, 9.17) is 14.7 Å². The lowest BCUT2D eigenvalue weighted by atomic mass is 10.0. The number of esters is 1. The number of anilines is 1. The lowest BCUT2D eigenvalue weighted by molar-refractivity contribution is -0.136. The highest BCUT2D eigenvalue weighted by Gasteiger charge is 2.31. The highest BCUT2D eigenvalue weighted by Crippen LogP contribution is 2.24. The van der Waals surface area contributed by atoms with E-state index in [1.165, 1.54) is 32.2 Å². The third-order valence-electron chi connectivity index (χ3n) is 3.23. The maximum absolute atomic E-state index is 12.2. The van der Waals surface area contributed by atoms with E-state index in [0.29, 0.717) is 12.1 Å². The Morgan fingerprint density at radius 1 is 1.43 bits per heavy atom. The molecule has 0 fully saturated rings. The number of rotatable bonds is 5. The van der Waals surface area contributed by atoms with Crippen LogP contribution in [-0.4, -0.2) is 24.6 Å². The van der Waals surface area contributed by atoms with E-state index in [0.717, 1.165) is 0 Å². The number of ether oxygens (including phenoxy) is 2. The van der Waals surface area contributed by atoms with Gasteiger partial charge in [-0.3, -0.25) is 9.59 Å². The molecule has 6 nitrogen and oxygen atoms in total. The van der Waals surface area contributed by atoms with E-state index in [9.17, 15) is 9.59 Å². The number of carbonyl (C=O) groups is 2. The Labute approximate surface area is 123 Å². The standard InChI is InChI=1S/C15H18N2O4/c1-5-15(3,20-4)14(19)17-13-7-6-12(21-10(2)18)8-11(13)9-16/h6-8H,5H2,1-4H3,(H,17,19)/t15-/m1/s1. The van der Waals surface area contributed by atoms with E-state index in [-0.39, 0.29) is 17.2 Å². The van der Waals surface area contributed by atoms with Gasteiger partial charge in [-0.05, 0) is 25.5 Å². The molecule has 1 N–H and O–H groups in total. The van der Waals surface area contributed by atoms with Gasteiger partial charge >= 0.3 is 5.97 Å². The molecule has 6 heteroatoms. The van der Waals surface area contributed by atoms with Crippen molar-refractivity contribution in [1.82, 2.24) is 0 Å². The monoisotopic (exact) mass is 290 g/mol. The largest absolute Gasteiger partial charge is 0.427 e. The summed E-state index contributed by atoms with van der Waals surface area (Å²) in [6.45, 7) is 4.77. The Kier molecular flexibility index (Phi) is 5.44. The first-order valence-electron chi connectivity index (χ1n) is 6.45. The molecule has 0 bridgehead atoms. The van der Waals surface area contributed by atoms with Gasteiger partial charge in [0.05, 0.1) is 11.3 Å². The summed E-state index contributed by atoms with van der Waals surface area (Å²) in [6.07, 6.45) is 0.489. The van der Waals surface area contributed by atoms with Crippen molar-refractivity contribution in [3.8, 4) is 11.8 Å². The minimum absolute atomic E-state index is 0.205. The van der Waals surface area contributed by atoms with Crippen LogP contribution in [0.3, 0.4) is 0 Å². The third kappa shape index (κ3) is 4.04. The third-order valence-corrected chi connectivity index (χ3v) is 3.23. The van der Waals surface area contributed by atoms with Crippen molar-refractivity contribution in [2.75, 3.05) is 12.4 Å². The summed E-state index contributed by atoms with van der Waals surface area (Å²) in [5, 5.41) is 11.8. The number of methoxy groups -OCH3 is 1. The molecule has 0 aliphatic heterocycles. The van der Waals surface area contributed by atoms with Crippen LogP contribution >= 0.6 is 0 Å². The number of hydrogen-bond acceptors (Lipinski definition) is 5. The molecule has 1 aromatic rings. The quantitative estimate of drug-likeness (QED) is 0.663. The number of nitrogens with zero attached hydrogens (tertiary/aromatic N) is 1. The lowest BCUT2D eigenvalue weighted by Gasteiger charge is -2.25. The van der Waals surface area contributed by atoms with Crippen LogP contribution in [-0.2, 0) is 14.3 Å². The van der Waals surface area contributed by atoms with Gasteiger partial charge in [0.25, 0.3) is 5.91 Å². The van der Waals surface area contributed by atoms with E-state index >= 15 is 0 Å². The Balaban J connectivity index is 3.02. The molecule has 0 radical (unpaired) electrons. The summed E-state index contributed by atoms with van der Waals surface area (Å²) in [5.74, 6) is -0.570. The molecule has 0 aliphatic rings. The zero-order valence-electron chi connectivity index (χ0n) is 12.5. The van der Waals surface area contributed by atoms with Crippen molar-refractivity contribution in [3.63, 3.8) is 0 Å². The van der Waals surface area contributed by atoms with Crippen LogP contribution in [0.4, 0.5) is 5.69 Å².